The molecule has 1 saturated heterocycles. The van der Waals surface area contributed by atoms with Gasteiger partial charge in [0.2, 0.25) is 6.19 Å². The molecule has 0 spiro atoms. The zero-order chi connectivity index (χ0) is 16.7. The van der Waals surface area contributed by atoms with E-state index in [1.807, 2.05) is 12.4 Å². The van der Waals surface area contributed by atoms with Crippen LogP contribution in [0.15, 0.2) is 33.7 Å². The smallest absolute Gasteiger partial charge is 0.208 e. The molecule has 0 unspecified atom stereocenters. The minimum Gasteiger partial charge on any atom is -0.350 e. The van der Waals surface area contributed by atoms with E-state index in [-0.39, 0.29) is 0 Å². The monoisotopic (exact) mass is 394 g/mol. The van der Waals surface area contributed by atoms with Gasteiger partial charge < -0.3 is 9.80 Å². The fourth-order valence-corrected chi connectivity index (χ4v) is 3.76. The van der Waals surface area contributed by atoms with Crippen molar-refractivity contribution in [3.8, 4) is 6.19 Å². The molecule has 0 aliphatic carbocycles. The summed E-state index contributed by atoms with van der Waals surface area (Å²) in [5, 5.41) is 9.60. The standard InChI is InChI=1S/C17H23BrN4S/c1-21(10-7-14-3-5-15(18)6-4-14)16-8-11-22(12-9-16)17(23-2)20-13-19/h3-6,16H,7-12H2,1-2H3. The Kier molecular flexibility index (Phi) is 7.41. The second-order valence-corrected chi connectivity index (χ2v) is 7.46. The van der Waals surface area contributed by atoms with Crippen LogP contribution >= 0.6 is 27.7 Å². The molecule has 0 N–H and O–H groups in total. The molecule has 0 radical (unpaired) electrons. The molecule has 1 aliphatic heterocycles. The van der Waals surface area contributed by atoms with Crippen LogP contribution in [0, 0.1) is 11.5 Å². The summed E-state index contributed by atoms with van der Waals surface area (Å²) in [6.45, 7) is 3.04. The summed E-state index contributed by atoms with van der Waals surface area (Å²) in [5.74, 6) is 0. The number of benzene rings is 1. The Bertz CT molecular complexity index is 559. The van der Waals surface area contributed by atoms with Crippen LogP contribution in [0.3, 0.4) is 0 Å². The van der Waals surface area contributed by atoms with E-state index in [1.54, 1.807) is 11.8 Å². The van der Waals surface area contributed by atoms with Crippen LogP contribution in [0.4, 0.5) is 0 Å². The predicted octanol–water partition coefficient (Wildman–Crippen LogP) is 3.59. The number of hydrogen-bond acceptors (Lipinski definition) is 4. The van der Waals surface area contributed by atoms with Crippen LogP contribution < -0.4 is 0 Å². The molecule has 1 aromatic carbocycles. The molecule has 0 aromatic heterocycles. The number of likely N-dealkylation sites (N-methyl/N-ethyl adjacent to an activating group) is 1. The molecule has 1 fully saturated rings. The topological polar surface area (TPSA) is 42.6 Å². The maximum absolute atomic E-state index is 8.75. The minimum atomic E-state index is 0.617. The highest BCUT2D eigenvalue weighted by atomic mass is 79.9. The lowest BCUT2D eigenvalue weighted by atomic mass is 10.0. The molecular formula is C17H23BrN4S. The van der Waals surface area contributed by atoms with Crippen molar-refractivity contribution in [1.82, 2.24) is 9.80 Å². The largest absolute Gasteiger partial charge is 0.350 e. The van der Waals surface area contributed by atoms with E-state index in [1.165, 1.54) is 5.56 Å². The molecule has 1 aromatic rings. The number of halogens is 1. The van der Waals surface area contributed by atoms with E-state index < -0.39 is 0 Å². The fourth-order valence-electron chi connectivity index (χ4n) is 2.93. The average Bonchev–Trinajstić information content (AvgIpc) is 2.59. The number of aliphatic imine (C=N–C) groups is 1. The van der Waals surface area contributed by atoms with E-state index in [9.17, 15) is 0 Å². The molecule has 1 aliphatic rings. The van der Waals surface area contributed by atoms with Gasteiger partial charge >= 0.3 is 0 Å². The quantitative estimate of drug-likeness (QED) is 0.444. The number of nitriles is 1. The molecular weight excluding hydrogens is 372 g/mol. The third-order valence-electron chi connectivity index (χ3n) is 4.35. The van der Waals surface area contributed by atoms with Crippen LogP contribution in [0.2, 0.25) is 0 Å². The maximum Gasteiger partial charge on any atom is 0.208 e. The Balaban J connectivity index is 1.79. The Morgan fingerprint density at radius 3 is 2.61 bits per heavy atom. The number of likely N-dealkylation sites (tertiary alicyclic amines) is 1. The molecule has 0 amide bonds. The Morgan fingerprint density at radius 1 is 1.39 bits per heavy atom. The molecule has 2 rings (SSSR count). The van der Waals surface area contributed by atoms with Crippen LogP contribution in [-0.4, -0.2) is 53.9 Å². The average molecular weight is 395 g/mol. The first-order valence-electron chi connectivity index (χ1n) is 7.84. The highest BCUT2D eigenvalue weighted by Crippen LogP contribution is 2.19. The molecule has 0 atom stereocenters. The predicted molar refractivity (Wildman–Crippen MR) is 102 cm³/mol. The third kappa shape index (κ3) is 5.52. The Morgan fingerprint density at radius 2 is 2.04 bits per heavy atom. The fraction of sp³-hybridized carbons (Fsp3) is 0.529. The lowest BCUT2D eigenvalue weighted by Crippen LogP contribution is -2.45. The van der Waals surface area contributed by atoms with Gasteiger partial charge in [-0.2, -0.15) is 5.26 Å². The third-order valence-corrected chi connectivity index (χ3v) is 5.60. The van der Waals surface area contributed by atoms with Gasteiger partial charge in [-0.3, -0.25) is 0 Å². The zero-order valence-electron chi connectivity index (χ0n) is 13.7. The highest BCUT2D eigenvalue weighted by Gasteiger charge is 2.23. The van der Waals surface area contributed by atoms with E-state index in [0.29, 0.717) is 6.04 Å². The molecule has 1 heterocycles. The number of rotatable bonds is 4. The second kappa shape index (κ2) is 9.31. The summed E-state index contributed by atoms with van der Waals surface area (Å²) in [4.78, 5) is 8.61. The Labute approximate surface area is 151 Å². The van der Waals surface area contributed by atoms with Crippen LogP contribution in [0.1, 0.15) is 18.4 Å². The van der Waals surface area contributed by atoms with Crippen LogP contribution in [0.5, 0.6) is 0 Å². The number of amidine groups is 1. The van der Waals surface area contributed by atoms with E-state index in [4.69, 9.17) is 5.26 Å². The van der Waals surface area contributed by atoms with Crippen molar-refractivity contribution < 1.29 is 0 Å². The summed E-state index contributed by atoms with van der Waals surface area (Å²) < 4.78 is 1.13. The number of piperidine rings is 1. The lowest BCUT2D eigenvalue weighted by molar-refractivity contribution is 0.167. The first kappa shape index (κ1) is 18.3. The van der Waals surface area contributed by atoms with Gasteiger partial charge in [-0.05, 0) is 50.3 Å². The van der Waals surface area contributed by atoms with Gasteiger partial charge in [-0.15, -0.1) is 4.99 Å². The van der Waals surface area contributed by atoms with Crippen molar-refractivity contribution in [2.75, 3.05) is 32.9 Å². The van der Waals surface area contributed by atoms with Crippen molar-refractivity contribution in [3.05, 3.63) is 34.3 Å². The number of thioether (sulfide) groups is 1. The van der Waals surface area contributed by atoms with Crippen LogP contribution in [0.25, 0.3) is 0 Å². The van der Waals surface area contributed by atoms with E-state index in [0.717, 1.165) is 48.5 Å². The van der Waals surface area contributed by atoms with Gasteiger partial charge in [0.1, 0.15) is 0 Å². The normalized spacial score (nSPS) is 16.7. The highest BCUT2D eigenvalue weighted by molar-refractivity contribution is 9.10. The SMILES string of the molecule is CSC(=NC#N)N1CCC(N(C)CCc2ccc(Br)cc2)CC1. The van der Waals surface area contributed by atoms with Gasteiger partial charge in [-0.1, -0.05) is 39.8 Å². The maximum atomic E-state index is 8.75. The molecule has 6 heteroatoms. The van der Waals surface area contributed by atoms with Crippen molar-refractivity contribution >= 4 is 32.9 Å². The second-order valence-electron chi connectivity index (χ2n) is 5.77. The van der Waals surface area contributed by atoms with Gasteiger partial charge in [0.05, 0.1) is 0 Å². The molecule has 0 bridgehead atoms. The number of nitrogens with zero attached hydrogens (tertiary/aromatic N) is 4. The van der Waals surface area contributed by atoms with Crippen molar-refractivity contribution in [1.29, 1.82) is 5.26 Å². The summed E-state index contributed by atoms with van der Waals surface area (Å²) in [6, 6.07) is 9.19. The van der Waals surface area contributed by atoms with Crippen molar-refractivity contribution in [3.63, 3.8) is 0 Å². The van der Waals surface area contributed by atoms with Gasteiger partial charge in [0.25, 0.3) is 0 Å². The van der Waals surface area contributed by atoms with Crippen molar-refractivity contribution in [2.45, 2.75) is 25.3 Å². The molecule has 124 valence electrons. The first-order chi connectivity index (χ1) is 11.1. The number of hydrogen-bond donors (Lipinski definition) is 0. The summed E-state index contributed by atoms with van der Waals surface area (Å²) in [6.07, 6.45) is 7.22. The minimum absolute atomic E-state index is 0.617. The van der Waals surface area contributed by atoms with Gasteiger partial charge in [0, 0.05) is 30.1 Å². The summed E-state index contributed by atoms with van der Waals surface area (Å²) in [7, 11) is 2.22. The summed E-state index contributed by atoms with van der Waals surface area (Å²) >= 11 is 5.03. The zero-order valence-corrected chi connectivity index (χ0v) is 16.1. The summed E-state index contributed by atoms with van der Waals surface area (Å²) in [5.41, 5.74) is 1.38. The molecule has 4 nitrogen and oxygen atoms in total. The van der Waals surface area contributed by atoms with Gasteiger partial charge in [0.15, 0.2) is 5.17 Å². The van der Waals surface area contributed by atoms with E-state index in [2.05, 4.69) is 62.0 Å². The molecule has 0 saturated carbocycles. The first-order valence-corrected chi connectivity index (χ1v) is 9.86. The van der Waals surface area contributed by atoms with Gasteiger partial charge in [-0.25, -0.2) is 0 Å². The molecule has 23 heavy (non-hydrogen) atoms. The van der Waals surface area contributed by atoms with E-state index >= 15 is 0 Å². The lowest BCUT2D eigenvalue weighted by Gasteiger charge is -2.37. The Hall–Kier alpha value is -1.03. The van der Waals surface area contributed by atoms with Crippen molar-refractivity contribution in [2.24, 2.45) is 4.99 Å². The van der Waals surface area contributed by atoms with Crippen LogP contribution in [-0.2, 0) is 6.42 Å².